The van der Waals surface area contributed by atoms with Crippen LogP contribution in [0.3, 0.4) is 0 Å². The summed E-state index contributed by atoms with van der Waals surface area (Å²) in [5.41, 5.74) is 1.49. The van der Waals surface area contributed by atoms with Crippen LogP contribution >= 0.6 is 11.8 Å². The summed E-state index contributed by atoms with van der Waals surface area (Å²) in [6.45, 7) is 1.79. The molecule has 1 N–H and O–H groups in total. The maximum absolute atomic E-state index is 13.0. The first kappa shape index (κ1) is 13.0. The Labute approximate surface area is 109 Å². The minimum Gasteiger partial charge on any atom is -0.388 e. The molecule has 2 rings (SSSR count). The minimum atomic E-state index is -0.646. The fraction of sp³-hybridized carbons (Fsp3) is 0.333. The molecular weight excluding hydrogens is 253 g/mol. The van der Waals surface area contributed by atoms with Crippen LogP contribution in [0.25, 0.3) is 0 Å². The zero-order valence-electron chi connectivity index (χ0n) is 10.2. The van der Waals surface area contributed by atoms with Gasteiger partial charge in [0.1, 0.15) is 12.1 Å². The number of nitrogens with zero attached hydrogens (tertiary/aromatic N) is 3. The predicted octanol–water partition coefficient (Wildman–Crippen LogP) is 2.09. The Bertz CT molecular complexity index is 544. The Morgan fingerprint density at radius 3 is 2.89 bits per heavy atom. The summed E-state index contributed by atoms with van der Waals surface area (Å²) in [6.07, 6.45) is 0.963. The summed E-state index contributed by atoms with van der Waals surface area (Å²) in [5, 5.41) is 18.5. The number of hydrogen-bond donors (Lipinski definition) is 1. The topological polar surface area (TPSA) is 50.9 Å². The molecule has 1 aromatic carbocycles. The van der Waals surface area contributed by atoms with Crippen molar-refractivity contribution in [3.05, 3.63) is 41.5 Å². The second-order valence-corrected chi connectivity index (χ2v) is 5.04. The van der Waals surface area contributed by atoms with Crippen LogP contribution in [-0.2, 0) is 7.05 Å². The molecule has 18 heavy (non-hydrogen) atoms. The SMILES string of the molecule is Cc1cc(F)ccc1C(O)CSc1nncn1C. The van der Waals surface area contributed by atoms with E-state index in [1.165, 1.54) is 23.9 Å². The normalized spacial score (nSPS) is 12.7. The number of aromatic nitrogens is 3. The molecule has 0 aliphatic heterocycles. The summed E-state index contributed by atoms with van der Waals surface area (Å²) in [4.78, 5) is 0. The van der Waals surface area contributed by atoms with E-state index in [9.17, 15) is 9.50 Å². The van der Waals surface area contributed by atoms with Crippen LogP contribution in [0.2, 0.25) is 0 Å². The van der Waals surface area contributed by atoms with Gasteiger partial charge < -0.3 is 9.67 Å². The van der Waals surface area contributed by atoms with Crippen LogP contribution in [0, 0.1) is 12.7 Å². The van der Waals surface area contributed by atoms with Crippen LogP contribution in [0.1, 0.15) is 17.2 Å². The van der Waals surface area contributed by atoms with Crippen molar-refractivity contribution >= 4 is 11.8 Å². The van der Waals surface area contributed by atoms with Crippen LogP contribution in [-0.4, -0.2) is 25.6 Å². The predicted molar refractivity (Wildman–Crippen MR) is 67.8 cm³/mol. The molecule has 0 saturated heterocycles. The molecule has 1 aromatic heterocycles. The Morgan fingerprint density at radius 1 is 1.50 bits per heavy atom. The van der Waals surface area contributed by atoms with Crippen molar-refractivity contribution in [2.45, 2.75) is 18.2 Å². The number of halogens is 1. The lowest BCUT2D eigenvalue weighted by Gasteiger charge is -2.13. The smallest absolute Gasteiger partial charge is 0.190 e. The first-order chi connectivity index (χ1) is 8.58. The van der Waals surface area contributed by atoms with Gasteiger partial charge >= 0.3 is 0 Å². The monoisotopic (exact) mass is 267 g/mol. The van der Waals surface area contributed by atoms with Gasteiger partial charge in [0.05, 0.1) is 6.10 Å². The summed E-state index contributed by atoms with van der Waals surface area (Å²) in [6, 6.07) is 4.40. The quantitative estimate of drug-likeness (QED) is 0.862. The molecule has 4 nitrogen and oxygen atoms in total. The van der Waals surface area contributed by atoms with E-state index in [1.54, 1.807) is 23.9 Å². The third-order valence-corrected chi connectivity index (χ3v) is 3.74. The fourth-order valence-corrected chi connectivity index (χ4v) is 2.50. The van der Waals surface area contributed by atoms with E-state index in [0.717, 1.165) is 16.3 Å². The van der Waals surface area contributed by atoms with Crippen molar-refractivity contribution in [1.82, 2.24) is 14.8 Å². The van der Waals surface area contributed by atoms with Crippen molar-refractivity contribution in [3.8, 4) is 0 Å². The molecule has 1 unspecified atom stereocenters. The number of hydrogen-bond acceptors (Lipinski definition) is 4. The van der Waals surface area contributed by atoms with Gasteiger partial charge in [-0.15, -0.1) is 10.2 Å². The number of aryl methyl sites for hydroxylation is 2. The van der Waals surface area contributed by atoms with E-state index in [2.05, 4.69) is 10.2 Å². The molecular formula is C12H14FN3OS. The van der Waals surface area contributed by atoms with Gasteiger partial charge in [-0.05, 0) is 30.2 Å². The highest BCUT2D eigenvalue weighted by molar-refractivity contribution is 7.99. The average molecular weight is 267 g/mol. The first-order valence-electron chi connectivity index (χ1n) is 5.49. The lowest BCUT2D eigenvalue weighted by Crippen LogP contribution is -2.04. The zero-order valence-corrected chi connectivity index (χ0v) is 11.0. The third kappa shape index (κ3) is 2.88. The van der Waals surface area contributed by atoms with E-state index in [1.807, 2.05) is 7.05 Å². The van der Waals surface area contributed by atoms with E-state index in [-0.39, 0.29) is 5.82 Å². The lowest BCUT2D eigenvalue weighted by molar-refractivity contribution is 0.203. The number of aliphatic hydroxyl groups excluding tert-OH is 1. The summed E-state index contributed by atoms with van der Waals surface area (Å²) in [7, 11) is 1.85. The molecule has 0 radical (unpaired) electrons. The van der Waals surface area contributed by atoms with Crippen LogP contribution < -0.4 is 0 Å². The largest absolute Gasteiger partial charge is 0.388 e. The highest BCUT2D eigenvalue weighted by Crippen LogP contribution is 2.25. The van der Waals surface area contributed by atoms with Gasteiger partial charge in [-0.3, -0.25) is 0 Å². The molecule has 2 aromatic rings. The number of thioether (sulfide) groups is 1. The van der Waals surface area contributed by atoms with Crippen LogP contribution in [0.5, 0.6) is 0 Å². The van der Waals surface area contributed by atoms with E-state index in [4.69, 9.17) is 0 Å². The van der Waals surface area contributed by atoms with Gasteiger partial charge in [-0.1, -0.05) is 17.8 Å². The van der Waals surface area contributed by atoms with E-state index in [0.29, 0.717) is 5.75 Å². The molecule has 1 atom stereocenters. The third-order valence-electron chi connectivity index (χ3n) is 2.63. The van der Waals surface area contributed by atoms with E-state index >= 15 is 0 Å². The number of aliphatic hydroxyl groups is 1. The molecule has 0 saturated carbocycles. The molecule has 6 heteroatoms. The maximum Gasteiger partial charge on any atom is 0.190 e. The second kappa shape index (κ2) is 5.49. The number of benzene rings is 1. The Morgan fingerprint density at radius 2 is 2.28 bits per heavy atom. The van der Waals surface area contributed by atoms with Crippen LogP contribution in [0.15, 0.2) is 29.7 Å². The standard InChI is InChI=1S/C12H14FN3OS/c1-8-5-9(13)3-4-10(8)11(17)6-18-12-15-14-7-16(12)2/h3-5,7,11,17H,6H2,1-2H3. The van der Waals surface area contributed by atoms with E-state index < -0.39 is 6.10 Å². The molecule has 0 aliphatic carbocycles. The van der Waals surface area contributed by atoms with Crippen molar-refractivity contribution in [3.63, 3.8) is 0 Å². The highest BCUT2D eigenvalue weighted by atomic mass is 32.2. The van der Waals surface area contributed by atoms with Gasteiger partial charge in [0.25, 0.3) is 0 Å². The fourth-order valence-electron chi connectivity index (χ4n) is 1.66. The van der Waals surface area contributed by atoms with Gasteiger partial charge in [0.2, 0.25) is 0 Å². The summed E-state index contributed by atoms with van der Waals surface area (Å²) < 4.78 is 14.8. The molecule has 0 amide bonds. The first-order valence-corrected chi connectivity index (χ1v) is 6.47. The maximum atomic E-state index is 13.0. The van der Waals surface area contributed by atoms with Crippen LogP contribution in [0.4, 0.5) is 4.39 Å². The average Bonchev–Trinajstić information content (AvgIpc) is 2.72. The van der Waals surface area contributed by atoms with Crippen molar-refractivity contribution in [2.24, 2.45) is 7.05 Å². The molecule has 0 aliphatic rings. The molecule has 1 heterocycles. The lowest BCUT2D eigenvalue weighted by atomic mass is 10.0. The van der Waals surface area contributed by atoms with Gasteiger partial charge in [0.15, 0.2) is 5.16 Å². The molecule has 0 spiro atoms. The molecule has 0 bridgehead atoms. The van der Waals surface area contributed by atoms with Crippen molar-refractivity contribution in [1.29, 1.82) is 0 Å². The number of rotatable bonds is 4. The highest BCUT2D eigenvalue weighted by Gasteiger charge is 2.13. The Hall–Kier alpha value is -1.40. The molecule has 96 valence electrons. The van der Waals surface area contributed by atoms with Gasteiger partial charge in [0, 0.05) is 12.8 Å². The zero-order chi connectivity index (χ0) is 13.1. The Balaban J connectivity index is 2.03. The second-order valence-electron chi connectivity index (χ2n) is 4.05. The van der Waals surface area contributed by atoms with Crippen molar-refractivity contribution in [2.75, 3.05) is 5.75 Å². The van der Waals surface area contributed by atoms with Gasteiger partial charge in [-0.25, -0.2) is 4.39 Å². The molecule has 0 fully saturated rings. The summed E-state index contributed by atoms with van der Waals surface area (Å²) >= 11 is 1.42. The minimum absolute atomic E-state index is 0.288. The summed E-state index contributed by atoms with van der Waals surface area (Å²) in [5.74, 6) is 0.170. The van der Waals surface area contributed by atoms with Crippen molar-refractivity contribution < 1.29 is 9.50 Å². The van der Waals surface area contributed by atoms with Gasteiger partial charge in [-0.2, -0.15) is 0 Å². The Kier molecular flexibility index (Phi) is 3.98.